The highest BCUT2D eigenvalue weighted by molar-refractivity contribution is 7.13. The van der Waals surface area contributed by atoms with Crippen molar-refractivity contribution in [1.82, 2.24) is 4.98 Å². The van der Waals surface area contributed by atoms with Crippen LogP contribution in [0.2, 0.25) is 0 Å². The molecule has 0 saturated carbocycles. The van der Waals surface area contributed by atoms with Gasteiger partial charge in [-0.15, -0.1) is 11.3 Å². The van der Waals surface area contributed by atoms with Gasteiger partial charge in [0, 0.05) is 22.2 Å². The van der Waals surface area contributed by atoms with E-state index in [2.05, 4.69) is 10.3 Å². The SMILES string of the molecule is CCOc1ccc(-c2nc(C(=O)Nc3ccc(C(N)=O)cc3)cs2)cc1. The van der Waals surface area contributed by atoms with Gasteiger partial charge in [0.15, 0.2) is 0 Å². The average molecular weight is 367 g/mol. The fraction of sp³-hybridized carbons (Fsp3) is 0.105. The Morgan fingerprint density at radius 2 is 1.81 bits per heavy atom. The molecule has 0 fully saturated rings. The molecule has 1 aromatic heterocycles. The van der Waals surface area contributed by atoms with Crippen molar-refractivity contribution in [3.8, 4) is 16.3 Å². The predicted octanol–water partition coefficient (Wildman–Crippen LogP) is 3.56. The number of thiazole rings is 1. The normalized spacial score (nSPS) is 10.3. The second-order valence-electron chi connectivity index (χ2n) is 5.39. The van der Waals surface area contributed by atoms with Crippen molar-refractivity contribution in [2.75, 3.05) is 11.9 Å². The molecule has 3 rings (SSSR count). The highest BCUT2D eigenvalue weighted by Gasteiger charge is 2.12. The Hall–Kier alpha value is -3.19. The first-order chi connectivity index (χ1) is 12.6. The molecule has 0 radical (unpaired) electrons. The minimum absolute atomic E-state index is 0.315. The molecule has 0 saturated heterocycles. The van der Waals surface area contributed by atoms with E-state index in [1.165, 1.54) is 11.3 Å². The molecule has 2 aromatic carbocycles. The zero-order valence-corrected chi connectivity index (χ0v) is 14.9. The van der Waals surface area contributed by atoms with E-state index < -0.39 is 5.91 Å². The second-order valence-corrected chi connectivity index (χ2v) is 6.25. The van der Waals surface area contributed by atoms with E-state index in [4.69, 9.17) is 10.5 Å². The summed E-state index contributed by atoms with van der Waals surface area (Å²) in [6.07, 6.45) is 0. The summed E-state index contributed by atoms with van der Waals surface area (Å²) in [4.78, 5) is 27.8. The molecule has 0 spiro atoms. The molecule has 0 aliphatic heterocycles. The number of aromatic nitrogens is 1. The Morgan fingerprint density at radius 1 is 1.12 bits per heavy atom. The van der Waals surface area contributed by atoms with Gasteiger partial charge in [0.2, 0.25) is 5.91 Å². The molecule has 0 atom stereocenters. The summed E-state index contributed by atoms with van der Waals surface area (Å²) in [5, 5.41) is 5.21. The molecule has 1 heterocycles. The minimum atomic E-state index is -0.512. The molecule has 2 amide bonds. The number of amides is 2. The van der Waals surface area contributed by atoms with Crippen LogP contribution in [-0.4, -0.2) is 23.4 Å². The lowest BCUT2D eigenvalue weighted by Crippen LogP contribution is -2.13. The number of ether oxygens (including phenoxy) is 1. The highest BCUT2D eigenvalue weighted by Crippen LogP contribution is 2.26. The number of primary amides is 1. The number of nitrogens with zero attached hydrogens (tertiary/aromatic N) is 1. The monoisotopic (exact) mass is 367 g/mol. The van der Waals surface area contributed by atoms with E-state index in [1.54, 1.807) is 29.6 Å². The van der Waals surface area contributed by atoms with E-state index in [0.717, 1.165) is 16.3 Å². The lowest BCUT2D eigenvalue weighted by atomic mass is 10.2. The van der Waals surface area contributed by atoms with E-state index >= 15 is 0 Å². The summed E-state index contributed by atoms with van der Waals surface area (Å²) in [7, 11) is 0. The van der Waals surface area contributed by atoms with Crippen molar-refractivity contribution in [2.45, 2.75) is 6.92 Å². The Balaban J connectivity index is 1.70. The molecular formula is C19H17N3O3S. The van der Waals surface area contributed by atoms with E-state index in [-0.39, 0.29) is 5.91 Å². The van der Waals surface area contributed by atoms with Gasteiger partial charge in [0.25, 0.3) is 5.91 Å². The van der Waals surface area contributed by atoms with Crippen molar-refractivity contribution >= 4 is 28.8 Å². The van der Waals surface area contributed by atoms with Crippen LogP contribution >= 0.6 is 11.3 Å². The van der Waals surface area contributed by atoms with Gasteiger partial charge in [-0.05, 0) is 55.5 Å². The van der Waals surface area contributed by atoms with Crippen LogP contribution in [0.5, 0.6) is 5.75 Å². The van der Waals surface area contributed by atoms with Gasteiger partial charge >= 0.3 is 0 Å². The average Bonchev–Trinajstić information content (AvgIpc) is 3.13. The van der Waals surface area contributed by atoms with Crippen molar-refractivity contribution in [3.63, 3.8) is 0 Å². The molecule has 6 nitrogen and oxygen atoms in total. The van der Waals surface area contributed by atoms with Crippen LogP contribution in [0, 0.1) is 0 Å². The number of benzene rings is 2. The van der Waals surface area contributed by atoms with Crippen LogP contribution in [0.15, 0.2) is 53.9 Å². The van der Waals surface area contributed by atoms with Gasteiger partial charge in [-0.2, -0.15) is 0 Å². The zero-order chi connectivity index (χ0) is 18.5. The number of carbonyl (C=O) groups is 2. The van der Waals surface area contributed by atoms with Crippen LogP contribution in [0.4, 0.5) is 5.69 Å². The van der Waals surface area contributed by atoms with Crippen LogP contribution in [-0.2, 0) is 0 Å². The number of nitrogens with two attached hydrogens (primary N) is 1. The largest absolute Gasteiger partial charge is 0.494 e. The predicted molar refractivity (Wildman–Crippen MR) is 102 cm³/mol. The van der Waals surface area contributed by atoms with Gasteiger partial charge in [0.05, 0.1) is 6.61 Å². The van der Waals surface area contributed by atoms with Crippen LogP contribution in [0.3, 0.4) is 0 Å². The maximum absolute atomic E-state index is 12.3. The number of carbonyl (C=O) groups excluding carboxylic acids is 2. The first-order valence-corrected chi connectivity index (χ1v) is 8.84. The van der Waals surface area contributed by atoms with E-state index in [1.807, 2.05) is 31.2 Å². The van der Waals surface area contributed by atoms with Crippen LogP contribution < -0.4 is 15.8 Å². The lowest BCUT2D eigenvalue weighted by molar-refractivity contribution is 0.0998. The van der Waals surface area contributed by atoms with Crippen molar-refractivity contribution in [2.24, 2.45) is 5.73 Å². The smallest absolute Gasteiger partial charge is 0.275 e. The Morgan fingerprint density at radius 3 is 2.42 bits per heavy atom. The topological polar surface area (TPSA) is 94.3 Å². The first-order valence-electron chi connectivity index (χ1n) is 7.97. The summed E-state index contributed by atoms with van der Waals surface area (Å²) >= 11 is 1.39. The Bertz CT molecular complexity index is 918. The third-order valence-electron chi connectivity index (χ3n) is 3.58. The molecule has 3 N–H and O–H groups in total. The number of hydrogen-bond donors (Lipinski definition) is 2. The molecule has 26 heavy (non-hydrogen) atoms. The fourth-order valence-electron chi connectivity index (χ4n) is 2.28. The molecule has 0 aliphatic carbocycles. The zero-order valence-electron chi connectivity index (χ0n) is 14.1. The summed E-state index contributed by atoms with van der Waals surface area (Å²) in [5.41, 5.74) is 7.40. The lowest BCUT2D eigenvalue weighted by Gasteiger charge is -2.04. The van der Waals surface area contributed by atoms with Crippen LogP contribution in [0.25, 0.3) is 10.6 Å². The minimum Gasteiger partial charge on any atom is -0.494 e. The van der Waals surface area contributed by atoms with Crippen molar-refractivity contribution in [3.05, 3.63) is 65.2 Å². The highest BCUT2D eigenvalue weighted by atomic mass is 32.1. The molecule has 132 valence electrons. The van der Waals surface area contributed by atoms with Crippen molar-refractivity contribution < 1.29 is 14.3 Å². The summed E-state index contributed by atoms with van der Waals surface area (Å²) < 4.78 is 5.42. The standard InChI is InChI=1S/C19H17N3O3S/c1-2-25-15-9-5-13(6-10-15)19-22-16(11-26-19)18(24)21-14-7-3-12(4-8-14)17(20)23/h3-11H,2H2,1H3,(H2,20,23)(H,21,24). The summed E-state index contributed by atoms with van der Waals surface area (Å²) in [6.45, 7) is 2.54. The first kappa shape index (κ1) is 17.6. The Labute approximate surface area is 154 Å². The van der Waals surface area contributed by atoms with E-state index in [9.17, 15) is 9.59 Å². The summed E-state index contributed by atoms with van der Waals surface area (Å²) in [5.74, 6) is -0.0298. The van der Waals surface area contributed by atoms with Gasteiger partial charge in [-0.1, -0.05) is 0 Å². The molecular weight excluding hydrogens is 350 g/mol. The van der Waals surface area contributed by atoms with Gasteiger partial charge < -0.3 is 15.8 Å². The number of nitrogens with one attached hydrogen (secondary N) is 1. The third-order valence-corrected chi connectivity index (χ3v) is 4.47. The third kappa shape index (κ3) is 4.07. The quantitative estimate of drug-likeness (QED) is 0.696. The maximum atomic E-state index is 12.3. The number of hydrogen-bond acceptors (Lipinski definition) is 5. The van der Waals surface area contributed by atoms with Gasteiger partial charge in [-0.25, -0.2) is 4.98 Å². The van der Waals surface area contributed by atoms with Crippen molar-refractivity contribution in [1.29, 1.82) is 0 Å². The second kappa shape index (κ2) is 7.79. The van der Waals surface area contributed by atoms with Gasteiger partial charge in [0.1, 0.15) is 16.5 Å². The molecule has 3 aromatic rings. The summed E-state index contributed by atoms with van der Waals surface area (Å²) in [6, 6.07) is 13.9. The molecule has 0 bridgehead atoms. The molecule has 7 heteroatoms. The number of rotatable bonds is 6. The number of anilines is 1. The Kier molecular flexibility index (Phi) is 5.28. The van der Waals surface area contributed by atoms with Crippen LogP contribution in [0.1, 0.15) is 27.8 Å². The maximum Gasteiger partial charge on any atom is 0.275 e. The fourth-order valence-corrected chi connectivity index (χ4v) is 3.09. The van der Waals surface area contributed by atoms with E-state index in [0.29, 0.717) is 23.6 Å². The molecule has 0 unspecified atom stereocenters. The van der Waals surface area contributed by atoms with Gasteiger partial charge in [-0.3, -0.25) is 9.59 Å². The molecule has 0 aliphatic rings.